The van der Waals surface area contributed by atoms with Crippen LogP contribution in [0.1, 0.15) is 38.7 Å². The topological polar surface area (TPSA) is 97.2 Å². The lowest BCUT2D eigenvalue weighted by atomic mass is 9.89. The second-order valence-electron chi connectivity index (χ2n) is 6.25. The summed E-state index contributed by atoms with van der Waals surface area (Å²) in [6, 6.07) is 7.11. The Balaban J connectivity index is 2.26. The molecule has 7 heteroatoms. The molecule has 0 radical (unpaired) electrons. The van der Waals surface area contributed by atoms with Crippen LogP contribution in [-0.2, 0) is 14.4 Å². The molecule has 2 unspecified atom stereocenters. The fraction of sp³-hybridized carbons (Fsp3) is 0.421. The molecule has 0 fully saturated rings. The molecule has 2 atom stereocenters. The summed E-state index contributed by atoms with van der Waals surface area (Å²) in [5.74, 6) is -1.03. The Labute approximate surface area is 152 Å². The molecule has 7 nitrogen and oxygen atoms in total. The fourth-order valence-corrected chi connectivity index (χ4v) is 2.60. The van der Waals surface area contributed by atoms with Gasteiger partial charge in [0.2, 0.25) is 5.60 Å². The van der Waals surface area contributed by atoms with Gasteiger partial charge in [0.15, 0.2) is 0 Å². The van der Waals surface area contributed by atoms with Gasteiger partial charge in [-0.25, -0.2) is 0 Å². The Bertz CT molecular complexity index is 716. The Morgan fingerprint density at radius 3 is 2.88 bits per heavy atom. The number of hydrogen-bond donors (Lipinski definition) is 2. The molecular formula is C19H24N2O5. The summed E-state index contributed by atoms with van der Waals surface area (Å²) in [5.41, 5.74) is -0.418. The van der Waals surface area contributed by atoms with Crippen LogP contribution < -0.4 is 10.1 Å². The zero-order valence-electron chi connectivity index (χ0n) is 15.0. The minimum Gasteiger partial charge on any atom is -0.489 e. The average molecular weight is 360 g/mol. The van der Waals surface area contributed by atoms with E-state index in [1.165, 1.54) is 0 Å². The highest BCUT2D eigenvalue weighted by atomic mass is 16.7. The average Bonchev–Trinajstić information content (AvgIpc) is 3.04. The fourth-order valence-electron chi connectivity index (χ4n) is 2.60. The summed E-state index contributed by atoms with van der Waals surface area (Å²) in [6.45, 7) is 7.72. The largest absolute Gasteiger partial charge is 0.489 e. The smallest absolute Gasteiger partial charge is 0.308 e. The molecule has 0 aliphatic carbocycles. The maximum absolute atomic E-state index is 12.7. The molecule has 1 heterocycles. The van der Waals surface area contributed by atoms with Crippen molar-refractivity contribution in [1.29, 1.82) is 0 Å². The number of nitrogens with one attached hydrogen (secondary N) is 1. The van der Waals surface area contributed by atoms with Crippen molar-refractivity contribution >= 4 is 17.6 Å². The van der Waals surface area contributed by atoms with Gasteiger partial charge in [0.05, 0.1) is 12.1 Å². The van der Waals surface area contributed by atoms with Gasteiger partial charge >= 0.3 is 5.97 Å². The van der Waals surface area contributed by atoms with Crippen LogP contribution in [0.25, 0.3) is 0 Å². The first-order chi connectivity index (χ1) is 12.4. The summed E-state index contributed by atoms with van der Waals surface area (Å²) >= 11 is 0. The van der Waals surface area contributed by atoms with Crippen LogP contribution in [0.5, 0.6) is 5.75 Å². The van der Waals surface area contributed by atoms with Gasteiger partial charge < -0.3 is 20.0 Å². The predicted octanol–water partition coefficient (Wildman–Crippen LogP) is 2.50. The van der Waals surface area contributed by atoms with Crippen molar-refractivity contribution in [2.24, 2.45) is 5.16 Å². The van der Waals surface area contributed by atoms with E-state index < -0.39 is 23.9 Å². The van der Waals surface area contributed by atoms with E-state index >= 15 is 0 Å². The summed E-state index contributed by atoms with van der Waals surface area (Å²) in [6.07, 6.45) is 1.92. The highest BCUT2D eigenvalue weighted by Gasteiger charge is 2.49. The van der Waals surface area contributed by atoms with Crippen LogP contribution in [-0.4, -0.2) is 40.9 Å². The van der Waals surface area contributed by atoms with Crippen molar-refractivity contribution in [2.75, 3.05) is 6.61 Å². The van der Waals surface area contributed by atoms with E-state index in [2.05, 4.69) is 17.1 Å². The number of carboxylic acids is 1. The SMILES string of the molecule is C=CCOc1ccccc1C1=NOC(CC(=O)O)(C(=O)NC(C)CC)C1. The lowest BCUT2D eigenvalue weighted by molar-refractivity contribution is -0.156. The first-order valence-corrected chi connectivity index (χ1v) is 8.52. The van der Waals surface area contributed by atoms with Gasteiger partial charge in [-0.1, -0.05) is 36.9 Å². The number of benzene rings is 1. The number of oxime groups is 1. The van der Waals surface area contributed by atoms with Crippen LogP contribution in [0.4, 0.5) is 0 Å². The van der Waals surface area contributed by atoms with E-state index in [1.807, 2.05) is 26.0 Å². The third-order valence-corrected chi connectivity index (χ3v) is 4.18. The third-order valence-electron chi connectivity index (χ3n) is 4.18. The van der Waals surface area contributed by atoms with Crippen LogP contribution in [0.2, 0.25) is 0 Å². The molecule has 0 bridgehead atoms. The molecule has 1 amide bonds. The number of carbonyl (C=O) groups is 2. The highest BCUT2D eigenvalue weighted by Crippen LogP contribution is 2.33. The quantitative estimate of drug-likeness (QED) is 0.660. The molecule has 0 aromatic heterocycles. The molecule has 140 valence electrons. The van der Waals surface area contributed by atoms with Crippen molar-refractivity contribution in [3.8, 4) is 5.75 Å². The molecule has 26 heavy (non-hydrogen) atoms. The van der Waals surface area contributed by atoms with E-state index in [9.17, 15) is 14.7 Å². The summed E-state index contributed by atoms with van der Waals surface area (Å²) < 4.78 is 5.62. The number of carboxylic acid groups (broad SMARTS) is 1. The summed E-state index contributed by atoms with van der Waals surface area (Å²) in [4.78, 5) is 29.4. The van der Waals surface area contributed by atoms with Crippen molar-refractivity contribution in [2.45, 2.75) is 44.8 Å². The molecule has 0 saturated heterocycles. The van der Waals surface area contributed by atoms with E-state index in [0.29, 0.717) is 23.6 Å². The zero-order valence-corrected chi connectivity index (χ0v) is 15.0. The summed E-state index contributed by atoms with van der Waals surface area (Å²) in [7, 11) is 0. The van der Waals surface area contributed by atoms with E-state index in [0.717, 1.165) is 6.42 Å². The lowest BCUT2D eigenvalue weighted by Crippen LogP contribution is -2.51. The molecule has 1 aliphatic rings. The summed E-state index contributed by atoms with van der Waals surface area (Å²) in [5, 5.41) is 16.1. The van der Waals surface area contributed by atoms with E-state index in [-0.39, 0.29) is 12.5 Å². The Hall–Kier alpha value is -2.83. The normalized spacial score (nSPS) is 19.8. The van der Waals surface area contributed by atoms with Gasteiger partial charge in [0, 0.05) is 18.0 Å². The predicted molar refractivity (Wildman–Crippen MR) is 97.3 cm³/mol. The van der Waals surface area contributed by atoms with Crippen LogP contribution in [0.3, 0.4) is 0 Å². The maximum atomic E-state index is 12.7. The number of carbonyl (C=O) groups excluding carboxylic acids is 1. The number of nitrogens with zero attached hydrogens (tertiary/aromatic N) is 1. The number of aliphatic carboxylic acids is 1. The minimum absolute atomic E-state index is 0.0516. The second-order valence-corrected chi connectivity index (χ2v) is 6.25. The Morgan fingerprint density at radius 1 is 1.50 bits per heavy atom. The Kier molecular flexibility index (Phi) is 6.38. The first-order valence-electron chi connectivity index (χ1n) is 8.52. The zero-order chi connectivity index (χ0) is 19.2. The molecule has 1 aromatic rings. The van der Waals surface area contributed by atoms with Gasteiger partial charge in [-0.2, -0.15) is 0 Å². The van der Waals surface area contributed by atoms with Gasteiger partial charge in [-0.3, -0.25) is 9.59 Å². The molecule has 2 N–H and O–H groups in total. The standard InChI is InChI=1S/C19H24N2O5/c1-4-10-25-16-9-7-6-8-14(16)15-11-19(26-21-15,12-17(22)23)18(24)20-13(3)5-2/h4,6-9,13H,1,5,10-12H2,2-3H3,(H,20,24)(H,22,23). The molecule has 0 saturated carbocycles. The second kappa shape index (κ2) is 8.51. The van der Waals surface area contributed by atoms with Crippen LogP contribution in [0.15, 0.2) is 42.1 Å². The van der Waals surface area contributed by atoms with Gasteiger partial charge in [-0.05, 0) is 25.5 Å². The lowest BCUT2D eigenvalue weighted by Gasteiger charge is -2.25. The maximum Gasteiger partial charge on any atom is 0.308 e. The van der Waals surface area contributed by atoms with Gasteiger partial charge in [-0.15, -0.1) is 0 Å². The van der Waals surface area contributed by atoms with E-state index in [4.69, 9.17) is 9.57 Å². The minimum atomic E-state index is -1.56. The van der Waals surface area contributed by atoms with E-state index in [1.54, 1.807) is 18.2 Å². The van der Waals surface area contributed by atoms with Crippen LogP contribution >= 0.6 is 0 Å². The molecule has 1 aromatic carbocycles. The number of rotatable bonds is 9. The number of ether oxygens (including phenoxy) is 1. The molecule has 1 aliphatic heterocycles. The molecule has 2 rings (SSSR count). The van der Waals surface area contributed by atoms with Crippen molar-refractivity contribution in [3.05, 3.63) is 42.5 Å². The number of para-hydroxylation sites is 1. The van der Waals surface area contributed by atoms with Crippen molar-refractivity contribution in [1.82, 2.24) is 5.32 Å². The highest BCUT2D eigenvalue weighted by molar-refractivity contribution is 6.08. The van der Waals surface area contributed by atoms with Gasteiger partial charge in [0.25, 0.3) is 5.91 Å². The van der Waals surface area contributed by atoms with Gasteiger partial charge in [0.1, 0.15) is 12.4 Å². The third kappa shape index (κ3) is 4.41. The molecule has 0 spiro atoms. The number of amides is 1. The first kappa shape index (κ1) is 19.5. The number of hydrogen-bond acceptors (Lipinski definition) is 5. The monoisotopic (exact) mass is 360 g/mol. The van der Waals surface area contributed by atoms with Crippen molar-refractivity contribution in [3.63, 3.8) is 0 Å². The Morgan fingerprint density at radius 2 is 2.23 bits per heavy atom. The van der Waals surface area contributed by atoms with Crippen LogP contribution in [0, 0.1) is 0 Å². The molecular weight excluding hydrogens is 336 g/mol. The van der Waals surface area contributed by atoms with Crippen molar-refractivity contribution < 1.29 is 24.3 Å².